The van der Waals surface area contributed by atoms with Gasteiger partial charge < -0.3 is 0 Å². The van der Waals surface area contributed by atoms with Crippen molar-refractivity contribution in [3.63, 3.8) is 0 Å². The summed E-state index contributed by atoms with van der Waals surface area (Å²) in [6, 6.07) is 0. The Morgan fingerprint density at radius 3 is 1.33 bits per heavy atom. The fraction of sp³-hybridized carbons (Fsp3) is 0.778. The van der Waals surface area contributed by atoms with Crippen LogP contribution in [0.1, 0.15) is 52.4 Å². The molecule has 4 aliphatic rings. The van der Waals surface area contributed by atoms with Gasteiger partial charge >= 0.3 is 0 Å². The van der Waals surface area contributed by atoms with E-state index in [1.807, 2.05) is 26.0 Å². The number of hydrogen-bond donors (Lipinski definition) is 0. The Morgan fingerprint density at radius 1 is 0.833 bits per heavy atom. The predicted octanol–water partition coefficient (Wildman–Crippen LogP) is 4.02. The molecule has 4 rings (SSSR count). The Morgan fingerprint density at radius 2 is 1.21 bits per heavy atom. The second-order valence-electron chi connectivity index (χ2n) is 7.81. The maximum atomic E-state index is 10.9. The first-order chi connectivity index (χ1) is 11.4. The number of fused-ring (bicyclic) bond motifs is 4. The van der Waals surface area contributed by atoms with Crippen LogP contribution in [0.3, 0.4) is 0 Å². The first-order valence-corrected chi connectivity index (χ1v) is 9.03. The van der Waals surface area contributed by atoms with Gasteiger partial charge in [-0.15, -0.1) is 0 Å². The summed E-state index contributed by atoms with van der Waals surface area (Å²) in [6.07, 6.45) is 13.3. The summed E-state index contributed by atoms with van der Waals surface area (Å²) >= 11 is 0. The molecule has 0 aromatic rings. The first kappa shape index (κ1) is 17.1. The van der Waals surface area contributed by atoms with Crippen LogP contribution in [0, 0.1) is 43.9 Å². The van der Waals surface area contributed by atoms with E-state index in [1.54, 1.807) is 0 Å². The topological polar surface area (TPSA) is 86.3 Å². The molecule has 24 heavy (non-hydrogen) atoms. The van der Waals surface area contributed by atoms with E-state index in [1.165, 1.54) is 0 Å². The van der Waals surface area contributed by atoms with Crippen molar-refractivity contribution in [2.45, 2.75) is 63.5 Å². The third-order valence-electron chi connectivity index (χ3n) is 6.91. The zero-order chi connectivity index (χ0) is 17.5. The lowest BCUT2D eigenvalue weighted by Crippen LogP contribution is -2.41. The third-order valence-corrected chi connectivity index (χ3v) is 6.91. The van der Waals surface area contributed by atoms with Gasteiger partial charge in [0, 0.05) is 47.4 Å². The summed E-state index contributed by atoms with van der Waals surface area (Å²) in [5, 5.41) is 21.8. The van der Waals surface area contributed by atoms with Crippen LogP contribution in [0.2, 0.25) is 0 Å². The molecule has 2 saturated carbocycles. The summed E-state index contributed by atoms with van der Waals surface area (Å²) in [6.45, 7) is 3.86. The average Bonchev–Trinajstić information content (AvgIpc) is 3.33. The van der Waals surface area contributed by atoms with Crippen molar-refractivity contribution in [3.8, 4) is 0 Å². The van der Waals surface area contributed by atoms with Gasteiger partial charge in [0.2, 0.25) is 11.1 Å². The summed E-state index contributed by atoms with van der Waals surface area (Å²) < 4.78 is 0. The number of nitro groups is 2. The number of hydrogen-bond acceptors (Lipinski definition) is 4. The molecule has 0 radical (unpaired) electrons. The van der Waals surface area contributed by atoms with Gasteiger partial charge in [-0.05, 0) is 24.7 Å². The van der Waals surface area contributed by atoms with Gasteiger partial charge in [0.05, 0.1) is 0 Å². The molecule has 0 heterocycles. The molecule has 2 fully saturated rings. The highest BCUT2D eigenvalue weighted by molar-refractivity contribution is 5.17. The Hall–Kier alpha value is -1.72. The van der Waals surface area contributed by atoms with E-state index in [9.17, 15) is 20.2 Å². The maximum absolute atomic E-state index is 10.9. The molecule has 4 bridgehead atoms. The lowest BCUT2D eigenvalue weighted by molar-refractivity contribution is -0.576. The molecule has 0 amide bonds. The van der Waals surface area contributed by atoms with Crippen LogP contribution in [0.25, 0.3) is 0 Å². The van der Waals surface area contributed by atoms with E-state index in [4.69, 9.17) is 0 Å². The lowest BCUT2D eigenvalue weighted by Gasteiger charge is -2.25. The molecule has 6 heteroatoms. The Balaban J connectivity index is 0.000000141. The quantitative estimate of drug-likeness (QED) is 0.441. The van der Waals surface area contributed by atoms with Gasteiger partial charge in [-0.2, -0.15) is 0 Å². The van der Waals surface area contributed by atoms with Gasteiger partial charge in [-0.1, -0.05) is 38.2 Å². The Labute approximate surface area is 142 Å². The van der Waals surface area contributed by atoms with Gasteiger partial charge in [-0.3, -0.25) is 20.2 Å². The smallest absolute Gasteiger partial charge is 0.228 e. The van der Waals surface area contributed by atoms with E-state index in [2.05, 4.69) is 12.2 Å². The Bertz CT molecular complexity index is 550. The molecule has 4 aliphatic carbocycles. The minimum absolute atomic E-state index is 0.0544. The van der Waals surface area contributed by atoms with E-state index in [-0.39, 0.29) is 21.7 Å². The second kappa shape index (κ2) is 5.97. The predicted molar refractivity (Wildman–Crippen MR) is 90.7 cm³/mol. The zero-order valence-electron chi connectivity index (χ0n) is 14.4. The van der Waals surface area contributed by atoms with Crippen molar-refractivity contribution in [2.75, 3.05) is 0 Å². The SMILES string of the molecule is CC[C@@]1([N+](=O)[O-])C[C@H]2C=C[C@@H]1C2.CC[C@@]1([N+](=O)[O-])C[C@H]2C=C[C@@H]1C2. The third kappa shape index (κ3) is 2.38. The summed E-state index contributed by atoms with van der Waals surface area (Å²) in [5.41, 5.74) is -1.22. The number of nitrogens with zero attached hydrogens (tertiary/aromatic N) is 2. The van der Waals surface area contributed by atoms with Gasteiger partial charge in [-0.25, -0.2) is 0 Å². The van der Waals surface area contributed by atoms with Crippen molar-refractivity contribution in [2.24, 2.45) is 23.7 Å². The van der Waals surface area contributed by atoms with Crippen molar-refractivity contribution < 1.29 is 9.85 Å². The second-order valence-corrected chi connectivity index (χ2v) is 7.81. The van der Waals surface area contributed by atoms with Crippen LogP contribution >= 0.6 is 0 Å². The normalized spacial score (nSPS) is 43.8. The maximum Gasteiger partial charge on any atom is 0.228 e. The summed E-state index contributed by atoms with van der Waals surface area (Å²) in [5.74, 6) is 1.39. The highest BCUT2D eigenvalue weighted by atomic mass is 16.6. The highest BCUT2D eigenvalue weighted by Gasteiger charge is 2.57. The van der Waals surface area contributed by atoms with Crippen molar-refractivity contribution in [1.82, 2.24) is 0 Å². The number of allylic oxidation sites excluding steroid dienone is 2. The van der Waals surface area contributed by atoms with Gasteiger partial charge in [0.15, 0.2) is 0 Å². The molecule has 0 aromatic heterocycles. The van der Waals surface area contributed by atoms with Crippen molar-refractivity contribution >= 4 is 0 Å². The van der Waals surface area contributed by atoms with Crippen LogP contribution in [0.5, 0.6) is 0 Å². The van der Waals surface area contributed by atoms with Crippen LogP contribution in [-0.2, 0) is 0 Å². The van der Waals surface area contributed by atoms with Crippen LogP contribution in [0.4, 0.5) is 0 Å². The molecule has 0 spiro atoms. The fourth-order valence-corrected chi connectivity index (χ4v) is 5.35. The standard InChI is InChI=1S/2C9H13NO2/c2*1-2-9(10(11)12)6-7-3-4-8(9)5-7/h2*3-4,7-8H,2,5-6H2,1H3/t2*7-,8+,9+/m00/s1. The number of rotatable bonds is 4. The molecule has 0 N–H and O–H groups in total. The van der Waals surface area contributed by atoms with Crippen molar-refractivity contribution in [3.05, 3.63) is 44.5 Å². The van der Waals surface area contributed by atoms with Crippen molar-refractivity contribution in [1.29, 1.82) is 0 Å². The molecule has 132 valence electrons. The van der Waals surface area contributed by atoms with E-state index in [0.717, 1.165) is 25.7 Å². The first-order valence-electron chi connectivity index (χ1n) is 9.03. The summed E-state index contributed by atoms with van der Waals surface area (Å²) in [4.78, 5) is 21.7. The van der Waals surface area contributed by atoms with E-state index in [0.29, 0.717) is 24.7 Å². The Kier molecular flexibility index (Phi) is 4.26. The van der Waals surface area contributed by atoms with Crippen LogP contribution in [-0.4, -0.2) is 20.9 Å². The highest BCUT2D eigenvalue weighted by Crippen LogP contribution is 2.50. The van der Waals surface area contributed by atoms with E-state index < -0.39 is 11.1 Å². The molecule has 0 saturated heterocycles. The van der Waals surface area contributed by atoms with Crippen LogP contribution in [0.15, 0.2) is 24.3 Å². The molecule has 0 aliphatic heterocycles. The van der Waals surface area contributed by atoms with E-state index >= 15 is 0 Å². The minimum Gasteiger partial charge on any atom is -0.264 e. The molecule has 0 unspecified atom stereocenters. The largest absolute Gasteiger partial charge is 0.264 e. The molecular weight excluding hydrogens is 308 g/mol. The molecule has 6 nitrogen and oxygen atoms in total. The average molecular weight is 334 g/mol. The lowest BCUT2D eigenvalue weighted by atomic mass is 9.83. The molecule has 6 atom stereocenters. The monoisotopic (exact) mass is 334 g/mol. The van der Waals surface area contributed by atoms with Gasteiger partial charge in [0.1, 0.15) is 0 Å². The zero-order valence-corrected chi connectivity index (χ0v) is 14.4. The molecular formula is C18H26N2O4. The fourth-order valence-electron chi connectivity index (χ4n) is 5.35. The minimum atomic E-state index is -0.612. The summed E-state index contributed by atoms with van der Waals surface area (Å²) in [7, 11) is 0. The molecule has 0 aromatic carbocycles. The van der Waals surface area contributed by atoms with Crippen LogP contribution < -0.4 is 0 Å². The van der Waals surface area contributed by atoms with Gasteiger partial charge in [0.25, 0.3) is 0 Å².